The normalized spacial score (nSPS) is 13.3. The minimum absolute atomic E-state index is 0.0402. The molecule has 0 bridgehead atoms. The molecule has 1 atom stereocenters. The minimum atomic E-state index is -3.14. The van der Waals surface area contributed by atoms with E-state index in [1.165, 1.54) is 6.07 Å². The van der Waals surface area contributed by atoms with Crippen LogP contribution in [0.15, 0.2) is 22.7 Å². The third kappa shape index (κ3) is 4.05. The topological polar surface area (TPSA) is 99.1 Å². The van der Waals surface area contributed by atoms with Gasteiger partial charge in [-0.15, -0.1) is 0 Å². The average Bonchev–Trinajstić information content (AvgIpc) is 2.88. The average molecular weight is 317 g/mol. The van der Waals surface area contributed by atoms with Crippen LogP contribution in [0.25, 0.3) is 11.4 Å². The van der Waals surface area contributed by atoms with E-state index in [-0.39, 0.29) is 29.5 Å². The summed E-state index contributed by atoms with van der Waals surface area (Å²) in [7, 11) is -3.14. The fourth-order valence-corrected chi connectivity index (χ4v) is 2.28. The first-order valence-corrected chi connectivity index (χ1v) is 8.04. The molecule has 2 rings (SSSR count). The second-order valence-corrected chi connectivity index (χ2v) is 6.87. The summed E-state index contributed by atoms with van der Waals surface area (Å²) in [6, 6.07) is 2.44. The van der Waals surface area contributed by atoms with Gasteiger partial charge in [-0.25, -0.2) is 17.2 Å². The fourth-order valence-electron chi connectivity index (χ4n) is 1.60. The van der Waals surface area contributed by atoms with E-state index in [1.54, 1.807) is 0 Å². The molecule has 0 aliphatic heterocycles. The summed E-state index contributed by atoms with van der Waals surface area (Å²) in [5, 5.41) is 3.62. The lowest BCUT2D eigenvalue weighted by atomic mass is 10.2. The minimum Gasteiger partial charge on any atom is -0.337 e. The Morgan fingerprint density at radius 1 is 1.33 bits per heavy atom. The lowest BCUT2D eigenvalue weighted by Gasteiger charge is -2.04. The smallest absolute Gasteiger partial charge is 0.243 e. The van der Waals surface area contributed by atoms with Crippen molar-refractivity contribution in [3.8, 4) is 11.4 Å². The summed E-state index contributed by atoms with van der Waals surface area (Å²) in [5.74, 6) is -2.03. The second-order valence-electron chi connectivity index (χ2n) is 4.61. The van der Waals surface area contributed by atoms with Gasteiger partial charge in [-0.3, -0.25) is 0 Å². The molecular weight excluding hydrogens is 304 g/mol. The molecule has 2 aromatic rings. The Bertz CT molecular complexity index is 746. The number of rotatable bonds is 5. The number of nitrogens with two attached hydrogens (primary N) is 1. The van der Waals surface area contributed by atoms with Crippen molar-refractivity contribution in [1.29, 1.82) is 0 Å². The molecule has 0 aliphatic rings. The van der Waals surface area contributed by atoms with Crippen molar-refractivity contribution in [3.05, 3.63) is 35.7 Å². The van der Waals surface area contributed by atoms with E-state index < -0.39 is 27.5 Å². The van der Waals surface area contributed by atoms with Crippen molar-refractivity contribution >= 4 is 9.84 Å². The summed E-state index contributed by atoms with van der Waals surface area (Å²) >= 11 is 0. The predicted molar refractivity (Wildman–Crippen MR) is 70.9 cm³/mol. The van der Waals surface area contributed by atoms with E-state index in [9.17, 15) is 17.2 Å². The van der Waals surface area contributed by atoms with Crippen molar-refractivity contribution in [2.45, 2.75) is 12.5 Å². The zero-order chi connectivity index (χ0) is 15.6. The summed E-state index contributed by atoms with van der Waals surface area (Å²) in [4.78, 5) is 3.97. The summed E-state index contributed by atoms with van der Waals surface area (Å²) < 4.78 is 53.0. The van der Waals surface area contributed by atoms with Crippen LogP contribution in [-0.4, -0.2) is 30.6 Å². The molecule has 0 saturated carbocycles. The molecule has 0 amide bonds. The highest BCUT2D eigenvalue weighted by atomic mass is 32.2. The predicted octanol–water partition coefficient (Wildman–Crippen LogP) is 1.45. The van der Waals surface area contributed by atoms with Crippen LogP contribution in [0.2, 0.25) is 0 Å². The van der Waals surface area contributed by atoms with Crippen molar-refractivity contribution < 1.29 is 21.7 Å². The van der Waals surface area contributed by atoms with Gasteiger partial charge in [0, 0.05) is 11.8 Å². The van der Waals surface area contributed by atoms with Crippen LogP contribution in [-0.2, 0) is 9.84 Å². The number of nitrogens with zero attached hydrogens (tertiary/aromatic N) is 2. The number of halogens is 2. The van der Waals surface area contributed by atoms with Gasteiger partial charge in [0.1, 0.15) is 9.84 Å². The number of benzene rings is 1. The van der Waals surface area contributed by atoms with Gasteiger partial charge in [0.05, 0.1) is 11.8 Å². The Labute approximate surface area is 119 Å². The molecule has 114 valence electrons. The van der Waals surface area contributed by atoms with Gasteiger partial charge in [0.25, 0.3) is 0 Å². The highest BCUT2D eigenvalue weighted by Crippen LogP contribution is 2.21. The molecule has 6 nitrogen and oxygen atoms in total. The lowest BCUT2D eigenvalue weighted by molar-refractivity contribution is 0.352. The zero-order valence-electron chi connectivity index (χ0n) is 11.1. The van der Waals surface area contributed by atoms with E-state index in [0.29, 0.717) is 0 Å². The molecule has 21 heavy (non-hydrogen) atoms. The molecule has 0 radical (unpaired) electrons. The van der Waals surface area contributed by atoms with E-state index in [0.717, 1.165) is 18.4 Å². The molecule has 1 aromatic heterocycles. The van der Waals surface area contributed by atoms with Crippen LogP contribution >= 0.6 is 0 Å². The molecule has 0 spiro atoms. The van der Waals surface area contributed by atoms with Crippen LogP contribution in [0.3, 0.4) is 0 Å². The number of hydrogen-bond donors (Lipinski definition) is 1. The molecule has 1 unspecified atom stereocenters. The van der Waals surface area contributed by atoms with Gasteiger partial charge in [0.2, 0.25) is 11.7 Å². The molecule has 0 saturated heterocycles. The molecular formula is C12H13F2N3O3S. The first kappa shape index (κ1) is 15.5. The van der Waals surface area contributed by atoms with Gasteiger partial charge in [-0.05, 0) is 24.6 Å². The molecule has 0 aliphatic carbocycles. The molecule has 2 N–H and O–H groups in total. The molecule has 1 aromatic carbocycles. The monoisotopic (exact) mass is 317 g/mol. The van der Waals surface area contributed by atoms with E-state index in [1.807, 2.05) is 0 Å². The van der Waals surface area contributed by atoms with Gasteiger partial charge >= 0.3 is 0 Å². The van der Waals surface area contributed by atoms with E-state index in [4.69, 9.17) is 10.3 Å². The highest BCUT2D eigenvalue weighted by molar-refractivity contribution is 7.90. The van der Waals surface area contributed by atoms with Gasteiger partial charge in [0.15, 0.2) is 11.6 Å². The maximum atomic E-state index is 13.1. The third-order valence-corrected chi connectivity index (χ3v) is 3.71. The summed E-state index contributed by atoms with van der Waals surface area (Å²) in [6.45, 7) is 0. The number of aromatic nitrogens is 2. The number of hydrogen-bond acceptors (Lipinski definition) is 6. The first-order valence-electron chi connectivity index (χ1n) is 5.98. The Balaban J connectivity index is 2.15. The van der Waals surface area contributed by atoms with Crippen LogP contribution < -0.4 is 5.73 Å². The van der Waals surface area contributed by atoms with Crippen molar-refractivity contribution in [2.24, 2.45) is 5.73 Å². The van der Waals surface area contributed by atoms with Crippen molar-refractivity contribution in [1.82, 2.24) is 10.1 Å². The van der Waals surface area contributed by atoms with E-state index >= 15 is 0 Å². The standard InChI is InChI=1S/C12H13F2N3O3S/c1-21(18,19)5-4-10(15)12-16-11(17-20-12)7-2-3-8(13)9(14)6-7/h2-3,6,10H,4-5,15H2,1H3. The maximum absolute atomic E-state index is 13.1. The van der Waals surface area contributed by atoms with Crippen LogP contribution in [0.1, 0.15) is 18.4 Å². The Morgan fingerprint density at radius 2 is 2.05 bits per heavy atom. The Morgan fingerprint density at radius 3 is 2.67 bits per heavy atom. The largest absolute Gasteiger partial charge is 0.337 e. The SMILES string of the molecule is CS(=O)(=O)CCC(N)c1nc(-c2ccc(F)c(F)c2)no1. The Hall–Kier alpha value is -1.87. The zero-order valence-corrected chi connectivity index (χ0v) is 11.9. The maximum Gasteiger partial charge on any atom is 0.243 e. The summed E-state index contributed by atoms with van der Waals surface area (Å²) in [5.41, 5.74) is 5.99. The lowest BCUT2D eigenvalue weighted by Crippen LogP contribution is -2.16. The van der Waals surface area contributed by atoms with Crippen LogP contribution in [0, 0.1) is 11.6 Å². The van der Waals surface area contributed by atoms with Crippen LogP contribution in [0.5, 0.6) is 0 Å². The number of sulfone groups is 1. The van der Waals surface area contributed by atoms with Gasteiger partial charge in [-0.1, -0.05) is 5.16 Å². The van der Waals surface area contributed by atoms with Gasteiger partial charge in [-0.2, -0.15) is 4.98 Å². The Kier molecular flexibility index (Phi) is 4.33. The summed E-state index contributed by atoms with van der Waals surface area (Å²) in [6.07, 6.45) is 1.22. The quantitative estimate of drug-likeness (QED) is 0.896. The molecule has 1 heterocycles. The third-order valence-electron chi connectivity index (χ3n) is 2.74. The fraction of sp³-hybridized carbons (Fsp3) is 0.333. The first-order chi connectivity index (χ1) is 9.76. The van der Waals surface area contributed by atoms with Gasteiger partial charge < -0.3 is 10.3 Å². The van der Waals surface area contributed by atoms with Crippen molar-refractivity contribution in [3.63, 3.8) is 0 Å². The molecule has 0 fully saturated rings. The van der Waals surface area contributed by atoms with Crippen molar-refractivity contribution in [2.75, 3.05) is 12.0 Å². The highest BCUT2D eigenvalue weighted by Gasteiger charge is 2.18. The van der Waals surface area contributed by atoms with Crippen LogP contribution in [0.4, 0.5) is 8.78 Å². The molecule has 9 heteroatoms. The second kappa shape index (κ2) is 5.86. The van der Waals surface area contributed by atoms with E-state index in [2.05, 4.69) is 10.1 Å².